The Kier molecular flexibility index (Phi) is 7.88. The molecule has 2 unspecified atom stereocenters. The number of para-hydroxylation sites is 1. The maximum Gasteiger partial charge on any atom is 0.191 e. The van der Waals surface area contributed by atoms with Crippen LogP contribution in [0.1, 0.15) is 42.4 Å². The van der Waals surface area contributed by atoms with Crippen molar-refractivity contribution in [3.8, 4) is 11.5 Å². The summed E-state index contributed by atoms with van der Waals surface area (Å²) in [5.74, 6) is 3.65. The van der Waals surface area contributed by atoms with Crippen molar-refractivity contribution in [1.82, 2.24) is 10.6 Å². The van der Waals surface area contributed by atoms with Crippen LogP contribution in [0.15, 0.2) is 47.5 Å². The highest BCUT2D eigenvalue weighted by Gasteiger charge is 2.21. The highest BCUT2D eigenvalue weighted by atomic mass is 16.5. The fourth-order valence-electron chi connectivity index (χ4n) is 4.20. The topological polar surface area (TPSA) is 64.1 Å². The van der Waals surface area contributed by atoms with Crippen LogP contribution in [-0.2, 0) is 11.3 Å². The molecule has 2 atom stereocenters. The molecule has 2 heterocycles. The van der Waals surface area contributed by atoms with E-state index in [4.69, 9.17) is 19.2 Å². The number of rotatable bonds is 8. The van der Waals surface area contributed by atoms with Crippen molar-refractivity contribution >= 4 is 5.96 Å². The Bertz CT molecular complexity index is 909. The molecular weight excluding hydrogens is 402 g/mol. The molecule has 6 heteroatoms. The summed E-state index contributed by atoms with van der Waals surface area (Å²) in [5, 5.41) is 6.91. The quantitative estimate of drug-likeness (QED) is 0.482. The summed E-state index contributed by atoms with van der Waals surface area (Å²) in [6.45, 7) is 9.48. The summed E-state index contributed by atoms with van der Waals surface area (Å²) < 4.78 is 17.5. The third kappa shape index (κ3) is 5.94. The van der Waals surface area contributed by atoms with Crippen LogP contribution in [0, 0.1) is 12.8 Å². The second kappa shape index (κ2) is 11.2. The molecule has 2 aliphatic rings. The summed E-state index contributed by atoms with van der Waals surface area (Å²) in [4.78, 5) is 4.85. The summed E-state index contributed by atoms with van der Waals surface area (Å²) in [6, 6.07) is 14.7. The van der Waals surface area contributed by atoms with E-state index < -0.39 is 0 Å². The second-order valence-electron chi connectivity index (χ2n) is 8.60. The number of nitrogens with one attached hydrogen (secondary N) is 2. The number of aryl methyl sites for hydroxylation is 1. The number of benzene rings is 2. The van der Waals surface area contributed by atoms with Crippen LogP contribution >= 0.6 is 0 Å². The first-order valence-corrected chi connectivity index (χ1v) is 11.8. The van der Waals surface area contributed by atoms with Crippen molar-refractivity contribution in [3.63, 3.8) is 0 Å². The molecule has 0 amide bonds. The number of guanidine groups is 1. The molecule has 0 aromatic heterocycles. The van der Waals surface area contributed by atoms with Gasteiger partial charge in [0.05, 0.1) is 26.4 Å². The van der Waals surface area contributed by atoms with Crippen molar-refractivity contribution in [1.29, 1.82) is 0 Å². The normalized spacial score (nSPS) is 20.4. The van der Waals surface area contributed by atoms with Gasteiger partial charge in [0.1, 0.15) is 11.5 Å². The molecular formula is C26H35N3O3. The Hall–Kier alpha value is -2.73. The Morgan fingerprint density at radius 1 is 1.12 bits per heavy atom. The molecule has 1 fully saturated rings. The molecule has 4 rings (SSSR count). The van der Waals surface area contributed by atoms with Gasteiger partial charge in [-0.2, -0.15) is 0 Å². The number of hydrogen-bond donors (Lipinski definition) is 2. The van der Waals surface area contributed by atoms with E-state index in [0.717, 1.165) is 68.8 Å². The summed E-state index contributed by atoms with van der Waals surface area (Å²) >= 11 is 0. The zero-order chi connectivity index (χ0) is 22.2. The molecule has 2 aromatic carbocycles. The van der Waals surface area contributed by atoms with Gasteiger partial charge in [0.15, 0.2) is 5.96 Å². The van der Waals surface area contributed by atoms with Gasteiger partial charge in [-0.25, -0.2) is 4.99 Å². The SMILES string of the molecule is CCNC(=NCc1ccc(C)cc1OCC1CCOC1)NCC1CCOc2ccccc21. The Morgan fingerprint density at radius 2 is 2.03 bits per heavy atom. The van der Waals surface area contributed by atoms with Crippen LogP contribution in [0.25, 0.3) is 0 Å². The second-order valence-corrected chi connectivity index (χ2v) is 8.60. The van der Waals surface area contributed by atoms with Crippen LogP contribution in [0.4, 0.5) is 0 Å². The minimum atomic E-state index is 0.413. The number of nitrogens with zero attached hydrogens (tertiary/aromatic N) is 1. The van der Waals surface area contributed by atoms with Gasteiger partial charge < -0.3 is 24.8 Å². The largest absolute Gasteiger partial charge is 0.493 e. The van der Waals surface area contributed by atoms with Gasteiger partial charge >= 0.3 is 0 Å². The zero-order valence-corrected chi connectivity index (χ0v) is 19.2. The molecule has 32 heavy (non-hydrogen) atoms. The molecule has 0 aliphatic carbocycles. The van der Waals surface area contributed by atoms with E-state index in [1.807, 2.05) is 6.07 Å². The Labute approximate surface area is 191 Å². The summed E-state index contributed by atoms with van der Waals surface area (Å²) in [7, 11) is 0. The third-order valence-electron chi connectivity index (χ3n) is 6.07. The van der Waals surface area contributed by atoms with Gasteiger partial charge in [0, 0.05) is 37.1 Å². The minimum Gasteiger partial charge on any atom is -0.493 e. The van der Waals surface area contributed by atoms with E-state index >= 15 is 0 Å². The molecule has 0 bridgehead atoms. The third-order valence-corrected chi connectivity index (χ3v) is 6.07. The predicted molar refractivity (Wildman–Crippen MR) is 128 cm³/mol. The van der Waals surface area contributed by atoms with Gasteiger partial charge in [-0.15, -0.1) is 0 Å². The van der Waals surface area contributed by atoms with Crippen molar-refractivity contribution in [3.05, 3.63) is 59.2 Å². The van der Waals surface area contributed by atoms with E-state index in [0.29, 0.717) is 25.0 Å². The van der Waals surface area contributed by atoms with Gasteiger partial charge in [-0.1, -0.05) is 30.3 Å². The van der Waals surface area contributed by atoms with Crippen LogP contribution in [-0.4, -0.2) is 45.5 Å². The lowest BCUT2D eigenvalue weighted by atomic mass is 9.93. The van der Waals surface area contributed by atoms with Gasteiger partial charge in [0.25, 0.3) is 0 Å². The predicted octanol–water partition coefficient (Wildman–Crippen LogP) is 4.03. The molecule has 172 valence electrons. The lowest BCUT2D eigenvalue weighted by Crippen LogP contribution is -2.40. The van der Waals surface area contributed by atoms with Gasteiger partial charge in [-0.3, -0.25) is 0 Å². The molecule has 6 nitrogen and oxygen atoms in total. The van der Waals surface area contributed by atoms with Crippen LogP contribution in [0.3, 0.4) is 0 Å². The van der Waals surface area contributed by atoms with Crippen LogP contribution < -0.4 is 20.1 Å². The maximum atomic E-state index is 6.18. The van der Waals surface area contributed by atoms with Crippen molar-refractivity contribution < 1.29 is 14.2 Å². The Morgan fingerprint density at radius 3 is 2.88 bits per heavy atom. The first-order chi connectivity index (χ1) is 15.7. The molecule has 0 saturated carbocycles. The smallest absolute Gasteiger partial charge is 0.191 e. The van der Waals surface area contributed by atoms with Gasteiger partial charge in [-0.05, 0) is 49.9 Å². The fourth-order valence-corrected chi connectivity index (χ4v) is 4.20. The van der Waals surface area contributed by atoms with Crippen LogP contribution in [0.5, 0.6) is 11.5 Å². The van der Waals surface area contributed by atoms with E-state index in [9.17, 15) is 0 Å². The summed E-state index contributed by atoms with van der Waals surface area (Å²) in [6.07, 6.45) is 2.08. The highest BCUT2D eigenvalue weighted by molar-refractivity contribution is 5.79. The van der Waals surface area contributed by atoms with E-state index in [1.54, 1.807) is 0 Å². The lowest BCUT2D eigenvalue weighted by molar-refractivity contribution is 0.166. The molecule has 2 aromatic rings. The van der Waals surface area contributed by atoms with Crippen molar-refractivity contribution in [2.45, 2.75) is 39.2 Å². The average Bonchev–Trinajstić information content (AvgIpc) is 3.34. The fraction of sp³-hybridized carbons (Fsp3) is 0.500. The number of aliphatic imine (C=N–C) groups is 1. The monoisotopic (exact) mass is 437 g/mol. The van der Waals surface area contributed by atoms with Crippen molar-refractivity contribution in [2.75, 3.05) is 39.5 Å². The van der Waals surface area contributed by atoms with E-state index in [1.165, 1.54) is 11.1 Å². The van der Waals surface area contributed by atoms with E-state index in [-0.39, 0.29) is 0 Å². The molecule has 2 N–H and O–H groups in total. The molecule has 0 spiro atoms. The maximum absolute atomic E-state index is 6.18. The lowest BCUT2D eigenvalue weighted by Gasteiger charge is -2.26. The zero-order valence-electron chi connectivity index (χ0n) is 19.2. The van der Waals surface area contributed by atoms with E-state index in [2.05, 4.69) is 60.9 Å². The summed E-state index contributed by atoms with van der Waals surface area (Å²) in [5.41, 5.74) is 3.56. The highest BCUT2D eigenvalue weighted by Crippen LogP contribution is 2.32. The molecule has 0 radical (unpaired) electrons. The average molecular weight is 438 g/mol. The van der Waals surface area contributed by atoms with Crippen LogP contribution in [0.2, 0.25) is 0 Å². The minimum absolute atomic E-state index is 0.413. The standard InChI is InChI=1S/C26H35N3O3/c1-3-27-26(28-15-21-11-13-31-24-7-5-4-6-23(21)24)29-16-22-9-8-19(2)14-25(22)32-18-20-10-12-30-17-20/h4-9,14,20-21H,3,10-13,15-18H2,1-2H3,(H2,27,28,29). The van der Waals surface area contributed by atoms with Crippen molar-refractivity contribution in [2.24, 2.45) is 10.9 Å². The Balaban J connectivity index is 1.40. The number of fused-ring (bicyclic) bond motifs is 1. The number of ether oxygens (including phenoxy) is 3. The molecule has 1 saturated heterocycles. The van der Waals surface area contributed by atoms with Gasteiger partial charge in [0.2, 0.25) is 0 Å². The first-order valence-electron chi connectivity index (χ1n) is 11.8. The molecule has 2 aliphatic heterocycles. The first kappa shape index (κ1) is 22.5. The number of hydrogen-bond acceptors (Lipinski definition) is 4.